The van der Waals surface area contributed by atoms with Gasteiger partial charge in [-0.05, 0) is 86.6 Å². The van der Waals surface area contributed by atoms with Crippen molar-refractivity contribution in [2.75, 3.05) is 0 Å². The minimum absolute atomic E-state index is 0.901. The van der Waals surface area contributed by atoms with Crippen molar-refractivity contribution in [1.29, 1.82) is 0 Å². The van der Waals surface area contributed by atoms with Crippen LogP contribution in [0.1, 0.15) is 45.0 Å². The molecule has 0 unspecified atom stereocenters. The second-order valence-corrected chi connectivity index (χ2v) is 10.8. The van der Waals surface area contributed by atoms with E-state index in [1.165, 1.54) is 60.3 Å². The second kappa shape index (κ2) is 6.45. The maximum Gasteiger partial charge on any atom is 0.0937 e. The number of allylic oxidation sites excluding steroid dienone is 2. The molecule has 0 saturated carbocycles. The van der Waals surface area contributed by atoms with Crippen LogP contribution in [0.3, 0.4) is 0 Å². The van der Waals surface area contributed by atoms with Gasteiger partial charge in [0, 0.05) is 24.4 Å². The quantitative estimate of drug-likeness (QED) is 0.422. The first-order chi connectivity index (χ1) is 11.5. The molecule has 4 heteroatoms. The largest absolute Gasteiger partial charge is 0.140 e. The summed E-state index contributed by atoms with van der Waals surface area (Å²) < 4.78 is 0.901. The molecule has 0 atom stereocenters. The molecule has 24 heavy (non-hydrogen) atoms. The van der Waals surface area contributed by atoms with Crippen molar-refractivity contribution >= 4 is 56.8 Å². The van der Waals surface area contributed by atoms with Gasteiger partial charge in [0.25, 0.3) is 0 Å². The van der Waals surface area contributed by atoms with Crippen LogP contribution in [0.15, 0.2) is 24.3 Å². The van der Waals surface area contributed by atoms with Crippen LogP contribution >= 0.6 is 45.6 Å². The third-order valence-corrected chi connectivity index (χ3v) is 8.08. The van der Waals surface area contributed by atoms with Crippen molar-refractivity contribution in [3.63, 3.8) is 0 Å². The first kappa shape index (κ1) is 16.6. The molecule has 0 spiro atoms. The van der Waals surface area contributed by atoms with E-state index < -0.39 is 0 Å². The Bertz CT molecular complexity index is 936. The number of halogens is 1. The monoisotopic (exact) mass is 390 g/mol. The van der Waals surface area contributed by atoms with E-state index in [0.29, 0.717) is 0 Å². The lowest BCUT2D eigenvalue weighted by Gasteiger charge is -2.07. The van der Waals surface area contributed by atoms with E-state index in [1.807, 2.05) is 22.7 Å². The summed E-state index contributed by atoms with van der Waals surface area (Å²) >= 11 is 11.8. The van der Waals surface area contributed by atoms with Gasteiger partial charge in [-0.2, -0.15) is 0 Å². The fourth-order valence-corrected chi connectivity index (χ4v) is 6.77. The van der Waals surface area contributed by atoms with Crippen molar-refractivity contribution in [2.45, 2.75) is 40.0 Å². The van der Waals surface area contributed by atoms with Crippen LogP contribution in [-0.2, 0) is 0 Å². The lowest BCUT2D eigenvalue weighted by Crippen LogP contribution is -1.86. The predicted octanol–water partition coefficient (Wildman–Crippen LogP) is 8.21. The standard InChI is InChI=1S/C20H19ClS3/c1-11-7-8-18(22-11)19-9-16(12(2)23-19)14-5-4-6-15(14)17-10-20(21)24-13(17)3/h7-10H,4-6H2,1-3H3. The zero-order valence-electron chi connectivity index (χ0n) is 14.0. The van der Waals surface area contributed by atoms with Gasteiger partial charge in [0.1, 0.15) is 0 Å². The molecule has 0 radical (unpaired) electrons. The van der Waals surface area contributed by atoms with E-state index in [-0.39, 0.29) is 0 Å². The van der Waals surface area contributed by atoms with Gasteiger partial charge >= 0.3 is 0 Å². The Labute approximate surface area is 160 Å². The highest BCUT2D eigenvalue weighted by Gasteiger charge is 2.23. The van der Waals surface area contributed by atoms with Crippen molar-refractivity contribution < 1.29 is 0 Å². The first-order valence-corrected chi connectivity index (χ1v) is 11.0. The molecule has 0 nitrogen and oxygen atoms in total. The van der Waals surface area contributed by atoms with Gasteiger partial charge in [0.2, 0.25) is 0 Å². The molecule has 0 saturated heterocycles. The summed E-state index contributed by atoms with van der Waals surface area (Å²) in [4.78, 5) is 6.95. The van der Waals surface area contributed by atoms with Gasteiger partial charge in [0.05, 0.1) is 4.34 Å². The summed E-state index contributed by atoms with van der Waals surface area (Å²) in [5, 5.41) is 0. The van der Waals surface area contributed by atoms with E-state index in [1.54, 1.807) is 16.9 Å². The van der Waals surface area contributed by atoms with Gasteiger partial charge in [0.15, 0.2) is 0 Å². The van der Waals surface area contributed by atoms with Gasteiger partial charge in [-0.25, -0.2) is 0 Å². The van der Waals surface area contributed by atoms with E-state index >= 15 is 0 Å². The SMILES string of the molecule is Cc1ccc(-c2cc(C3=C(c4cc(Cl)sc4C)CCC3)c(C)s2)s1. The molecule has 3 aromatic heterocycles. The fraction of sp³-hybridized carbons (Fsp3) is 0.300. The Morgan fingerprint density at radius 3 is 2.04 bits per heavy atom. The maximum atomic E-state index is 6.25. The van der Waals surface area contributed by atoms with Crippen LogP contribution in [0.4, 0.5) is 0 Å². The molecule has 4 rings (SSSR count). The third-order valence-electron chi connectivity index (χ3n) is 4.66. The normalized spacial score (nSPS) is 14.8. The predicted molar refractivity (Wildman–Crippen MR) is 112 cm³/mol. The van der Waals surface area contributed by atoms with Gasteiger partial charge in [-0.3, -0.25) is 0 Å². The summed E-state index contributed by atoms with van der Waals surface area (Å²) in [7, 11) is 0. The Hall–Kier alpha value is -0.870. The summed E-state index contributed by atoms with van der Waals surface area (Å²) in [5.74, 6) is 0. The Kier molecular flexibility index (Phi) is 4.46. The van der Waals surface area contributed by atoms with Gasteiger partial charge in [-0.1, -0.05) is 11.6 Å². The highest BCUT2D eigenvalue weighted by Crippen LogP contribution is 2.47. The summed E-state index contributed by atoms with van der Waals surface area (Å²) in [6.45, 7) is 6.63. The molecule has 124 valence electrons. The molecule has 0 bridgehead atoms. The summed E-state index contributed by atoms with van der Waals surface area (Å²) in [5.41, 5.74) is 5.89. The summed E-state index contributed by atoms with van der Waals surface area (Å²) in [6.07, 6.45) is 3.61. The van der Waals surface area contributed by atoms with Crippen molar-refractivity contribution in [1.82, 2.24) is 0 Å². The number of hydrogen-bond acceptors (Lipinski definition) is 3. The van der Waals surface area contributed by atoms with Crippen LogP contribution < -0.4 is 0 Å². The number of thiophene rings is 3. The average Bonchev–Trinajstić information content (AvgIpc) is 3.26. The molecule has 3 heterocycles. The highest BCUT2D eigenvalue weighted by molar-refractivity contribution is 7.22. The molecule has 0 fully saturated rings. The third kappa shape index (κ3) is 2.92. The molecule has 1 aliphatic rings. The van der Waals surface area contributed by atoms with Crippen LogP contribution in [0.2, 0.25) is 4.34 Å². The molecular weight excluding hydrogens is 372 g/mol. The lowest BCUT2D eigenvalue weighted by molar-refractivity contribution is 0.941. The van der Waals surface area contributed by atoms with Crippen molar-refractivity contribution in [3.8, 4) is 9.75 Å². The van der Waals surface area contributed by atoms with E-state index in [9.17, 15) is 0 Å². The van der Waals surface area contributed by atoms with Crippen LogP contribution in [0.25, 0.3) is 20.9 Å². The van der Waals surface area contributed by atoms with Crippen LogP contribution in [0.5, 0.6) is 0 Å². The molecular formula is C20H19ClS3. The molecule has 1 aliphatic carbocycles. The Morgan fingerprint density at radius 1 is 0.792 bits per heavy atom. The second-order valence-electron chi connectivity index (χ2n) is 6.32. The zero-order chi connectivity index (χ0) is 16.8. The van der Waals surface area contributed by atoms with Gasteiger partial charge in [-0.15, -0.1) is 34.0 Å². The van der Waals surface area contributed by atoms with E-state index in [4.69, 9.17) is 11.6 Å². The maximum absolute atomic E-state index is 6.25. The van der Waals surface area contributed by atoms with Crippen LogP contribution in [0, 0.1) is 20.8 Å². The zero-order valence-corrected chi connectivity index (χ0v) is 17.2. The van der Waals surface area contributed by atoms with Crippen molar-refractivity contribution in [2.24, 2.45) is 0 Å². The molecule has 0 amide bonds. The Morgan fingerprint density at radius 2 is 1.46 bits per heavy atom. The minimum atomic E-state index is 0.901. The first-order valence-electron chi connectivity index (χ1n) is 8.19. The number of rotatable bonds is 3. The topological polar surface area (TPSA) is 0 Å². The molecule has 0 N–H and O–H groups in total. The molecule has 0 aliphatic heterocycles. The molecule has 0 aromatic carbocycles. The summed E-state index contributed by atoms with van der Waals surface area (Å²) in [6, 6.07) is 9.04. The average molecular weight is 391 g/mol. The van der Waals surface area contributed by atoms with E-state index in [2.05, 4.69) is 45.0 Å². The van der Waals surface area contributed by atoms with Crippen molar-refractivity contribution in [3.05, 3.63) is 54.4 Å². The fourth-order valence-electron chi connectivity index (χ4n) is 3.55. The lowest BCUT2D eigenvalue weighted by atomic mass is 9.98. The Balaban J connectivity index is 1.81. The number of hydrogen-bond donors (Lipinski definition) is 0. The van der Waals surface area contributed by atoms with Gasteiger partial charge < -0.3 is 0 Å². The van der Waals surface area contributed by atoms with E-state index in [0.717, 1.165) is 4.34 Å². The molecule has 3 aromatic rings. The minimum Gasteiger partial charge on any atom is -0.140 e. The number of aryl methyl sites for hydroxylation is 3. The highest BCUT2D eigenvalue weighted by atomic mass is 35.5. The van der Waals surface area contributed by atoms with Crippen LogP contribution in [-0.4, -0.2) is 0 Å². The smallest absolute Gasteiger partial charge is 0.0937 e.